The fourth-order valence-corrected chi connectivity index (χ4v) is 2.22. The molecule has 0 heterocycles. The number of hydrogen-bond donors (Lipinski definition) is 0. The van der Waals surface area contributed by atoms with Crippen molar-refractivity contribution in [1.29, 1.82) is 0 Å². The molecule has 0 fully saturated rings. The van der Waals surface area contributed by atoms with Crippen molar-refractivity contribution >= 4 is 5.97 Å². The fourth-order valence-electron chi connectivity index (χ4n) is 2.22. The van der Waals surface area contributed by atoms with Crippen LogP contribution < -0.4 is 0 Å². The van der Waals surface area contributed by atoms with Crippen LogP contribution in [0.1, 0.15) is 32.6 Å². The number of carbonyl (C=O) groups excluding carboxylic acids is 1. The summed E-state index contributed by atoms with van der Waals surface area (Å²) in [6.07, 6.45) is 10.4. The number of rotatable bonds is 2. The van der Waals surface area contributed by atoms with Gasteiger partial charge in [-0.2, -0.15) is 0 Å². The van der Waals surface area contributed by atoms with Crippen molar-refractivity contribution < 1.29 is 9.53 Å². The summed E-state index contributed by atoms with van der Waals surface area (Å²) in [5, 5.41) is 0. The van der Waals surface area contributed by atoms with Crippen LogP contribution in [0.4, 0.5) is 0 Å². The Hall–Kier alpha value is -1.31. The average Bonchev–Trinajstić information content (AvgIpc) is 2.67. The van der Waals surface area contributed by atoms with Gasteiger partial charge in [-0.15, -0.1) is 0 Å². The second-order valence-corrected chi connectivity index (χ2v) is 3.90. The maximum absolute atomic E-state index is 11.4. The van der Waals surface area contributed by atoms with Crippen LogP contribution in [0.3, 0.4) is 0 Å². The van der Waals surface area contributed by atoms with E-state index in [1.165, 1.54) is 17.6 Å². The Morgan fingerprint density at radius 3 is 3.20 bits per heavy atom. The summed E-state index contributed by atoms with van der Waals surface area (Å²) < 4.78 is 4.93. The van der Waals surface area contributed by atoms with Gasteiger partial charge >= 0.3 is 5.97 Å². The van der Waals surface area contributed by atoms with Crippen molar-refractivity contribution in [3.63, 3.8) is 0 Å². The van der Waals surface area contributed by atoms with Gasteiger partial charge in [-0.3, -0.25) is 0 Å². The lowest BCUT2D eigenvalue weighted by atomic mass is 9.89. The van der Waals surface area contributed by atoms with E-state index in [-0.39, 0.29) is 5.97 Å². The minimum atomic E-state index is -0.207. The first-order chi connectivity index (χ1) is 7.31. The highest BCUT2D eigenvalue weighted by atomic mass is 16.5. The van der Waals surface area contributed by atoms with E-state index in [0.717, 1.165) is 24.8 Å². The molecule has 0 amide bonds. The Bertz CT molecular complexity index is 359. The molecule has 80 valence electrons. The Morgan fingerprint density at radius 2 is 2.40 bits per heavy atom. The molecule has 2 heteroatoms. The van der Waals surface area contributed by atoms with Gasteiger partial charge in [-0.1, -0.05) is 17.7 Å². The third-order valence-electron chi connectivity index (χ3n) is 2.88. The molecule has 0 saturated heterocycles. The van der Waals surface area contributed by atoms with Gasteiger partial charge < -0.3 is 4.74 Å². The first-order valence-electron chi connectivity index (χ1n) is 5.57. The van der Waals surface area contributed by atoms with E-state index in [0.29, 0.717) is 6.61 Å². The van der Waals surface area contributed by atoms with Crippen LogP contribution in [0.2, 0.25) is 0 Å². The summed E-state index contributed by atoms with van der Waals surface area (Å²) in [6, 6.07) is 0. The van der Waals surface area contributed by atoms with Crippen molar-refractivity contribution in [3.8, 4) is 0 Å². The van der Waals surface area contributed by atoms with Crippen molar-refractivity contribution in [1.82, 2.24) is 0 Å². The summed E-state index contributed by atoms with van der Waals surface area (Å²) in [5.41, 5.74) is 3.93. The molecule has 0 aromatic carbocycles. The molecule has 0 aliphatic heterocycles. The highest BCUT2D eigenvalue weighted by molar-refractivity contribution is 5.84. The lowest BCUT2D eigenvalue weighted by molar-refractivity contribution is -0.137. The Balaban J connectivity index is 2.18. The Labute approximate surface area is 90.3 Å². The fraction of sp³-hybridized carbons (Fsp3) is 0.462. The number of ether oxygens (including phenoxy) is 1. The van der Waals surface area contributed by atoms with Crippen LogP contribution in [-0.4, -0.2) is 12.6 Å². The van der Waals surface area contributed by atoms with E-state index in [9.17, 15) is 4.79 Å². The van der Waals surface area contributed by atoms with E-state index >= 15 is 0 Å². The molecule has 0 aromatic heterocycles. The van der Waals surface area contributed by atoms with Crippen molar-refractivity contribution in [3.05, 3.63) is 34.9 Å². The van der Waals surface area contributed by atoms with Gasteiger partial charge in [-0.25, -0.2) is 4.79 Å². The zero-order chi connectivity index (χ0) is 10.7. The van der Waals surface area contributed by atoms with Crippen LogP contribution in [0.25, 0.3) is 0 Å². The highest BCUT2D eigenvalue weighted by Gasteiger charge is 2.18. The van der Waals surface area contributed by atoms with E-state index < -0.39 is 0 Å². The third kappa shape index (κ3) is 2.20. The molecule has 0 bridgehead atoms. The molecule has 2 aliphatic rings. The number of esters is 1. The van der Waals surface area contributed by atoms with Gasteiger partial charge in [0.2, 0.25) is 0 Å². The molecule has 2 nitrogen and oxygen atoms in total. The van der Waals surface area contributed by atoms with Crippen LogP contribution in [0.15, 0.2) is 34.9 Å². The molecule has 0 N–H and O–H groups in total. The van der Waals surface area contributed by atoms with Crippen molar-refractivity contribution in [2.45, 2.75) is 32.6 Å². The quantitative estimate of drug-likeness (QED) is 0.510. The van der Waals surface area contributed by atoms with Gasteiger partial charge in [-0.05, 0) is 43.8 Å². The van der Waals surface area contributed by atoms with Crippen LogP contribution in [-0.2, 0) is 9.53 Å². The standard InChI is InChI=1S/C13H16O2/c1-2-15-13(14)9-11-7-3-5-10-6-4-8-12(10)11/h4,8-9H,2-3,5-7H2,1H3/b11-9+. The lowest BCUT2D eigenvalue weighted by Gasteiger charge is -2.17. The molecular formula is C13H16O2. The predicted octanol–water partition coefficient (Wildman–Crippen LogP) is 2.92. The number of allylic oxidation sites excluding steroid dienone is 5. The molecule has 0 aromatic rings. The first kappa shape index (κ1) is 10.2. The molecule has 0 radical (unpaired) electrons. The summed E-state index contributed by atoms with van der Waals surface area (Å²) in [5.74, 6) is -0.207. The first-order valence-corrected chi connectivity index (χ1v) is 5.57. The summed E-state index contributed by atoms with van der Waals surface area (Å²) in [4.78, 5) is 11.4. The van der Waals surface area contributed by atoms with Crippen LogP contribution in [0.5, 0.6) is 0 Å². The molecule has 2 rings (SSSR count). The van der Waals surface area contributed by atoms with Crippen LogP contribution in [0, 0.1) is 0 Å². The Kier molecular flexibility index (Phi) is 3.05. The van der Waals surface area contributed by atoms with Gasteiger partial charge in [0.15, 0.2) is 0 Å². The van der Waals surface area contributed by atoms with Gasteiger partial charge in [0.1, 0.15) is 0 Å². The topological polar surface area (TPSA) is 26.3 Å². The summed E-state index contributed by atoms with van der Waals surface area (Å²) in [7, 11) is 0. The number of carbonyl (C=O) groups is 1. The van der Waals surface area contributed by atoms with Crippen molar-refractivity contribution in [2.75, 3.05) is 6.61 Å². The smallest absolute Gasteiger partial charge is 0.331 e. The van der Waals surface area contributed by atoms with Gasteiger partial charge in [0, 0.05) is 6.08 Å². The van der Waals surface area contributed by atoms with Gasteiger partial charge in [0.25, 0.3) is 0 Å². The summed E-state index contributed by atoms with van der Waals surface area (Å²) in [6.45, 7) is 2.28. The minimum Gasteiger partial charge on any atom is -0.463 e. The van der Waals surface area contributed by atoms with E-state index in [1.807, 2.05) is 6.92 Å². The Morgan fingerprint density at radius 1 is 1.53 bits per heavy atom. The number of hydrogen-bond acceptors (Lipinski definition) is 2. The molecule has 0 spiro atoms. The second-order valence-electron chi connectivity index (χ2n) is 3.90. The van der Waals surface area contributed by atoms with E-state index in [4.69, 9.17) is 4.74 Å². The van der Waals surface area contributed by atoms with Gasteiger partial charge in [0.05, 0.1) is 6.61 Å². The maximum atomic E-state index is 11.4. The van der Waals surface area contributed by atoms with E-state index in [2.05, 4.69) is 12.2 Å². The molecule has 0 atom stereocenters. The highest BCUT2D eigenvalue weighted by Crippen LogP contribution is 2.36. The minimum absolute atomic E-state index is 0.207. The molecule has 15 heavy (non-hydrogen) atoms. The molecular weight excluding hydrogens is 188 g/mol. The third-order valence-corrected chi connectivity index (χ3v) is 2.88. The maximum Gasteiger partial charge on any atom is 0.331 e. The molecule has 0 saturated carbocycles. The monoisotopic (exact) mass is 204 g/mol. The zero-order valence-electron chi connectivity index (χ0n) is 9.08. The molecule has 0 unspecified atom stereocenters. The lowest BCUT2D eigenvalue weighted by Crippen LogP contribution is -2.05. The largest absolute Gasteiger partial charge is 0.463 e. The molecule has 2 aliphatic carbocycles. The zero-order valence-corrected chi connectivity index (χ0v) is 9.08. The average molecular weight is 204 g/mol. The predicted molar refractivity (Wildman–Crippen MR) is 59.4 cm³/mol. The van der Waals surface area contributed by atoms with Crippen molar-refractivity contribution in [2.24, 2.45) is 0 Å². The van der Waals surface area contributed by atoms with Crippen LogP contribution >= 0.6 is 0 Å². The van der Waals surface area contributed by atoms with E-state index in [1.54, 1.807) is 6.08 Å². The second kappa shape index (κ2) is 4.47. The normalized spacial score (nSPS) is 22.1. The SMILES string of the molecule is CCOC(=O)/C=C1\CCCC2=C1C=CC2. The summed E-state index contributed by atoms with van der Waals surface area (Å²) >= 11 is 0.